The number of halogens is 2. The lowest BCUT2D eigenvalue weighted by Crippen LogP contribution is -2.03. The Morgan fingerprint density at radius 1 is 1.04 bits per heavy atom. The number of phenolic OH excluding ortho intramolecular Hbond substituents is 1. The fourth-order valence-electron chi connectivity index (χ4n) is 2.26. The third kappa shape index (κ3) is 3.88. The Kier molecular flexibility index (Phi) is 4.81. The molecule has 0 amide bonds. The highest BCUT2D eigenvalue weighted by atomic mass is 79.9. The lowest BCUT2D eigenvalue weighted by atomic mass is 10.2. The van der Waals surface area contributed by atoms with E-state index in [1.165, 1.54) is 18.3 Å². The number of fused-ring (bicyclic) bond motifs is 1. The van der Waals surface area contributed by atoms with Gasteiger partial charge in [0.05, 0.1) is 6.21 Å². The number of hydrogen-bond donors (Lipinski definition) is 3. The molecule has 0 fully saturated rings. The minimum atomic E-state index is -0.357. The smallest absolute Gasteiger partial charge is 0.245 e. The number of nitrogens with zero attached hydrogens (tertiary/aromatic N) is 5. The second-order valence-electron chi connectivity index (χ2n) is 5.54. The van der Waals surface area contributed by atoms with Gasteiger partial charge in [-0.3, -0.25) is 5.43 Å². The maximum absolute atomic E-state index is 13.1. The first-order chi connectivity index (χ1) is 13.6. The molecule has 0 radical (unpaired) electrons. The molecule has 0 unspecified atom stereocenters. The van der Waals surface area contributed by atoms with Gasteiger partial charge >= 0.3 is 0 Å². The van der Waals surface area contributed by atoms with Gasteiger partial charge in [0.2, 0.25) is 11.3 Å². The van der Waals surface area contributed by atoms with Crippen LogP contribution in [0.3, 0.4) is 0 Å². The highest BCUT2D eigenvalue weighted by molar-refractivity contribution is 9.10. The highest BCUT2D eigenvalue weighted by Gasteiger charge is 2.13. The topological polar surface area (TPSA) is 121 Å². The number of aromatic hydroxyl groups is 1. The van der Waals surface area contributed by atoms with Crippen LogP contribution in [0.5, 0.6) is 5.75 Å². The van der Waals surface area contributed by atoms with Gasteiger partial charge in [0.25, 0.3) is 0 Å². The number of hydrogen-bond acceptors (Lipinski definition) is 9. The molecule has 3 N–H and O–H groups in total. The van der Waals surface area contributed by atoms with Crippen molar-refractivity contribution in [2.75, 3.05) is 10.7 Å². The van der Waals surface area contributed by atoms with E-state index in [-0.39, 0.29) is 34.5 Å². The Morgan fingerprint density at radius 3 is 2.50 bits per heavy atom. The Balaban J connectivity index is 1.63. The average Bonchev–Trinajstić information content (AvgIpc) is 3.13. The van der Waals surface area contributed by atoms with Crippen LogP contribution < -0.4 is 10.7 Å². The van der Waals surface area contributed by atoms with Gasteiger partial charge in [-0.15, -0.1) is 0 Å². The number of aromatic nitrogens is 4. The van der Waals surface area contributed by atoms with Crippen LogP contribution in [0.15, 0.2) is 56.7 Å². The van der Waals surface area contributed by atoms with Crippen LogP contribution in [0.1, 0.15) is 5.56 Å². The molecule has 2 aromatic heterocycles. The maximum atomic E-state index is 13.1. The van der Waals surface area contributed by atoms with Crippen molar-refractivity contribution in [1.29, 1.82) is 0 Å². The Bertz CT molecular complexity index is 1160. The van der Waals surface area contributed by atoms with Gasteiger partial charge in [-0.1, -0.05) is 15.9 Å². The third-order valence-corrected chi connectivity index (χ3v) is 4.08. The molecule has 0 saturated carbocycles. The van der Waals surface area contributed by atoms with E-state index >= 15 is 0 Å². The molecule has 2 heterocycles. The second-order valence-corrected chi connectivity index (χ2v) is 6.45. The summed E-state index contributed by atoms with van der Waals surface area (Å²) in [5.41, 5.74) is 4.21. The Labute approximate surface area is 165 Å². The molecule has 11 heteroatoms. The summed E-state index contributed by atoms with van der Waals surface area (Å²) in [5.74, 6) is 0.230. The minimum absolute atomic E-state index is 0.0700. The van der Waals surface area contributed by atoms with Crippen molar-refractivity contribution in [2.45, 2.75) is 0 Å². The molecule has 0 aliphatic carbocycles. The van der Waals surface area contributed by atoms with Gasteiger partial charge in [0, 0.05) is 15.7 Å². The van der Waals surface area contributed by atoms with Crippen molar-refractivity contribution < 1.29 is 14.1 Å². The zero-order valence-corrected chi connectivity index (χ0v) is 15.6. The predicted molar refractivity (Wildman–Crippen MR) is 104 cm³/mol. The Hall–Kier alpha value is -3.60. The molecular formula is C17H11BrFN7O2. The minimum Gasteiger partial charge on any atom is -0.507 e. The molecular weight excluding hydrogens is 433 g/mol. The second kappa shape index (κ2) is 7.56. The van der Waals surface area contributed by atoms with Crippen LogP contribution in [-0.2, 0) is 0 Å². The summed E-state index contributed by atoms with van der Waals surface area (Å²) in [5, 5.41) is 24.3. The van der Waals surface area contributed by atoms with Crippen LogP contribution in [0.25, 0.3) is 11.3 Å². The number of phenols is 1. The highest BCUT2D eigenvalue weighted by Crippen LogP contribution is 2.24. The maximum Gasteiger partial charge on any atom is 0.245 e. The van der Waals surface area contributed by atoms with Crippen molar-refractivity contribution in [1.82, 2.24) is 20.3 Å². The van der Waals surface area contributed by atoms with Crippen LogP contribution in [0.4, 0.5) is 21.7 Å². The van der Waals surface area contributed by atoms with Crippen molar-refractivity contribution in [2.24, 2.45) is 5.10 Å². The van der Waals surface area contributed by atoms with Gasteiger partial charge in [0.15, 0.2) is 11.6 Å². The van der Waals surface area contributed by atoms with Crippen LogP contribution in [0.2, 0.25) is 0 Å². The lowest BCUT2D eigenvalue weighted by molar-refractivity contribution is 0.314. The van der Waals surface area contributed by atoms with E-state index in [0.29, 0.717) is 11.3 Å². The van der Waals surface area contributed by atoms with Crippen molar-refractivity contribution in [3.8, 4) is 5.75 Å². The summed E-state index contributed by atoms with van der Waals surface area (Å²) >= 11 is 3.33. The number of nitrogens with one attached hydrogen (secondary N) is 2. The molecule has 9 nitrogen and oxygen atoms in total. The van der Waals surface area contributed by atoms with E-state index in [2.05, 4.69) is 56.7 Å². The zero-order valence-electron chi connectivity index (χ0n) is 14.0. The summed E-state index contributed by atoms with van der Waals surface area (Å²) in [7, 11) is 0. The van der Waals surface area contributed by atoms with Gasteiger partial charge in [0.1, 0.15) is 11.6 Å². The fourth-order valence-corrected chi connectivity index (χ4v) is 2.64. The Morgan fingerprint density at radius 2 is 1.75 bits per heavy atom. The lowest BCUT2D eigenvalue weighted by Gasteiger charge is -2.09. The molecule has 2 aromatic carbocycles. The molecule has 0 saturated heterocycles. The van der Waals surface area contributed by atoms with E-state index in [1.807, 2.05) is 0 Å². The monoisotopic (exact) mass is 443 g/mol. The first-order valence-electron chi connectivity index (χ1n) is 7.89. The molecule has 0 aliphatic rings. The van der Waals surface area contributed by atoms with Gasteiger partial charge in [-0.2, -0.15) is 10.1 Å². The number of hydrazone groups is 1. The SMILES string of the molecule is Oc1ccc(Br)cc1/C=N/Nc1nc2nonc2nc1Nc1ccc(F)cc1. The number of anilines is 3. The molecule has 140 valence electrons. The first-order valence-corrected chi connectivity index (χ1v) is 8.68. The van der Waals surface area contributed by atoms with E-state index in [0.717, 1.165) is 4.47 Å². The standard InChI is InChI=1S/C17H11BrFN7O2/c18-10-1-6-13(27)9(7-10)8-20-24-15-14(21-12-4-2-11(19)3-5-12)22-16-17(23-15)26-28-25-16/h1-8,27H,(H,21,22,25)(H,23,24,26)/b20-8+. The third-order valence-electron chi connectivity index (χ3n) is 3.58. The van der Waals surface area contributed by atoms with E-state index < -0.39 is 0 Å². The summed E-state index contributed by atoms with van der Waals surface area (Å²) in [6, 6.07) is 10.7. The van der Waals surface area contributed by atoms with E-state index in [9.17, 15) is 9.50 Å². The molecule has 0 atom stereocenters. The fraction of sp³-hybridized carbons (Fsp3) is 0. The summed E-state index contributed by atoms with van der Waals surface area (Å²) in [6.07, 6.45) is 1.43. The molecule has 0 aliphatic heterocycles. The summed E-state index contributed by atoms with van der Waals surface area (Å²) in [4.78, 5) is 8.54. The normalized spacial score (nSPS) is 11.2. The molecule has 28 heavy (non-hydrogen) atoms. The number of benzene rings is 2. The molecule has 0 spiro atoms. The van der Waals surface area contributed by atoms with Gasteiger partial charge in [-0.05, 0) is 52.8 Å². The first kappa shape index (κ1) is 17.8. The van der Waals surface area contributed by atoms with Crippen molar-refractivity contribution >= 4 is 50.8 Å². The largest absolute Gasteiger partial charge is 0.507 e. The van der Waals surface area contributed by atoms with Gasteiger partial charge in [-0.25, -0.2) is 14.0 Å². The summed E-state index contributed by atoms with van der Waals surface area (Å²) < 4.78 is 18.5. The van der Waals surface area contributed by atoms with E-state index in [4.69, 9.17) is 0 Å². The zero-order chi connectivity index (χ0) is 19.5. The average molecular weight is 444 g/mol. The number of rotatable bonds is 5. The molecule has 0 bridgehead atoms. The van der Waals surface area contributed by atoms with Crippen LogP contribution >= 0.6 is 15.9 Å². The molecule has 4 rings (SSSR count). The van der Waals surface area contributed by atoms with Crippen LogP contribution in [-0.4, -0.2) is 31.6 Å². The van der Waals surface area contributed by atoms with Gasteiger partial charge < -0.3 is 10.4 Å². The molecule has 4 aromatic rings. The van der Waals surface area contributed by atoms with Crippen LogP contribution in [0, 0.1) is 5.82 Å². The van der Waals surface area contributed by atoms with Crippen molar-refractivity contribution in [3.05, 3.63) is 58.3 Å². The quantitative estimate of drug-likeness (QED) is 0.314. The summed E-state index contributed by atoms with van der Waals surface area (Å²) in [6.45, 7) is 0. The van der Waals surface area contributed by atoms with E-state index in [1.54, 1.807) is 30.3 Å². The predicted octanol–water partition coefficient (Wildman–Crippen LogP) is 3.81. The van der Waals surface area contributed by atoms with Crippen molar-refractivity contribution in [3.63, 3.8) is 0 Å².